The standard InChI is InChI=1S/C48H82NO9P/c1-6-8-10-12-14-15-16-17-18-19-20-25-28-32-36-40-48(52)58-46(44-57-59(53,54)56-42-41-49(3,4)5)43-55-47(51)39-35-31-27-24-22-21-23-26-30-34-38-45(50)37-33-29-13-11-9-7-2/h9,11,17-18,21-22,26-27,29-31,33-34,38,45-46,50H,6-8,10,12-16,19-20,23-25,28,32,35-37,39-44H2,1-5H3/p+1/b11-9-,18-17-,22-21-,30-26-,31-27-,33-29-,38-34+/t45?,46-/m1/s1. The zero-order valence-electron chi connectivity index (χ0n) is 37.6. The van der Waals surface area contributed by atoms with E-state index in [4.69, 9.17) is 18.5 Å². The Kier molecular flexibility index (Phi) is 37.4. The lowest BCUT2D eigenvalue weighted by atomic mass is 10.1. The van der Waals surface area contributed by atoms with Gasteiger partial charge in [-0.2, -0.15) is 0 Å². The number of quaternary nitrogens is 1. The average molecular weight is 849 g/mol. The Morgan fingerprint density at radius 3 is 1.86 bits per heavy atom. The first-order valence-electron chi connectivity index (χ1n) is 22.4. The number of rotatable bonds is 39. The molecule has 0 rings (SSSR count). The molecule has 338 valence electrons. The number of phosphoric acid groups is 1. The number of hydrogen-bond acceptors (Lipinski definition) is 8. The number of carbonyl (C=O) groups is 2. The Hall–Kier alpha value is -2.85. The molecule has 0 fully saturated rings. The zero-order valence-corrected chi connectivity index (χ0v) is 38.5. The lowest BCUT2D eigenvalue weighted by Crippen LogP contribution is -2.37. The van der Waals surface area contributed by atoms with Crippen LogP contribution < -0.4 is 0 Å². The molecule has 59 heavy (non-hydrogen) atoms. The molecule has 2 N–H and O–H groups in total. The van der Waals surface area contributed by atoms with Crippen LogP contribution in [-0.2, 0) is 32.7 Å². The van der Waals surface area contributed by atoms with Gasteiger partial charge >= 0.3 is 19.8 Å². The smallest absolute Gasteiger partial charge is 0.462 e. The first-order chi connectivity index (χ1) is 28.4. The summed E-state index contributed by atoms with van der Waals surface area (Å²) < 4.78 is 34.2. The van der Waals surface area contributed by atoms with E-state index in [0.717, 1.165) is 64.2 Å². The number of carbonyl (C=O) groups excluding carboxylic acids is 2. The van der Waals surface area contributed by atoms with Gasteiger partial charge in [-0.1, -0.05) is 150 Å². The molecular weight excluding hydrogens is 765 g/mol. The van der Waals surface area contributed by atoms with Gasteiger partial charge in [0.05, 0.1) is 33.9 Å². The van der Waals surface area contributed by atoms with Gasteiger partial charge in [0.2, 0.25) is 0 Å². The Morgan fingerprint density at radius 1 is 0.627 bits per heavy atom. The molecule has 0 amide bonds. The van der Waals surface area contributed by atoms with E-state index in [-0.39, 0.29) is 26.1 Å². The van der Waals surface area contributed by atoms with E-state index in [1.165, 1.54) is 38.5 Å². The van der Waals surface area contributed by atoms with Gasteiger partial charge in [-0.3, -0.25) is 18.6 Å². The number of allylic oxidation sites excluding steroid dienone is 12. The molecule has 10 nitrogen and oxygen atoms in total. The second-order valence-corrected chi connectivity index (χ2v) is 17.3. The molecule has 0 radical (unpaired) electrons. The van der Waals surface area contributed by atoms with E-state index < -0.39 is 38.6 Å². The number of likely N-dealkylation sites (N-methyl/N-ethyl adjacent to an activating group) is 1. The SMILES string of the molecule is CC/C=C\C/C=C\CC(O)/C=C/C=C\C/C=C\C/C=C\CCC(=O)OC[C@H](COP(=O)(O)OCC[N+](C)(C)C)OC(=O)CCCCCCC/C=C\CCCCCCCC. The maximum atomic E-state index is 12.7. The van der Waals surface area contributed by atoms with Crippen LogP contribution in [0, 0.1) is 0 Å². The van der Waals surface area contributed by atoms with Crippen LogP contribution in [0.15, 0.2) is 85.1 Å². The summed E-state index contributed by atoms with van der Waals surface area (Å²) in [6, 6.07) is 0. The summed E-state index contributed by atoms with van der Waals surface area (Å²) in [7, 11) is 1.39. The van der Waals surface area contributed by atoms with Crippen LogP contribution in [-0.4, -0.2) is 86.1 Å². The van der Waals surface area contributed by atoms with Crippen molar-refractivity contribution in [3.05, 3.63) is 85.1 Å². The van der Waals surface area contributed by atoms with Crippen LogP contribution in [0.3, 0.4) is 0 Å². The number of unbranched alkanes of at least 4 members (excludes halogenated alkanes) is 11. The van der Waals surface area contributed by atoms with Crippen molar-refractivity contribution in [2.24, 2.45) is 0 Å². The molecule has 0 heterocycles. The molecule has 0 aliphatic rings. The minimum atomic E-state index is -4.41. The molecule has 11 heteroatoms. The summed E-state index contributed by atoms with van der Waals surface area (Å²) in [5, 5.41) is 10.0. The molecule has 3 atom stereocenters. The van der Waals surface area contributed by atoms with Crippen molar-refractivity contribution in [2.75, 3.05) is 47.5 Å². The molecule has 2 unspecified atom stereocenters. The average Bonchev–Trinajstić information content (AvgIpc) is 3.18. The van der Waals surface area contributed by atoms with E-state index in [0.29, 0.717) is 30.3 Å². The van der Waals surface area contributed by atoms with E-state index in [2.05, 4.69) is 44.2 Å². The predicted octanol–water partition coefficient (Wildman–Crippen LogP) is 11.8. The van der Waals surface area contributed by atoms with Crippen molar-refractivity contribution < 1.29 is 47.2 Å². The van der Waals surface area contributed by atoms with Gasteiger partial charge in [0.15, 0.2) is 6.10 Å². The van der Waals surface area contributed by atoms with Crippen LogP contribution in [0.25, 0.3) is 0 Å². The quantitative estimate of drug-likeness (QED) is 0.0155. The first-order valence-corrected chi connectivity index (χ1v) is 23.9. The molecule has 0 saturated heterocycles. The minimum Gasteiger partial charge on any atom is -0.462 e. The molecule has 0 saturated carbocycles. The number of ether oxygens (including phenoxy) is 2. The van der Waals surface area contributed by atoms with E-state index in [9.17, 15) is 24.2 Å². The van der Waals surface area contributed by atoms with Crippen LogP contribution in [0.5, 0.6) is 0 Å². The first kappa shape index (κ1) is 56.1. The van der Waals surface area contributed by atoms with Crippen molar-refractivity contribution >= 4 is 19.8 Å². The minimum absolute atomic E-state index is 0.00630. The summed E-state index contributed by atoms with van der Waals surface area (Å²) in [5.74, 6) is -0.944. The van der Waals surface area contributed by atoms with Crippen LogP contribution in [0.4, 0.5) is 0 Å². The predicted molar refractivity (Wildman–Crippen MR) is 244 cm³/mol. The highest BCUT2D eigenvalue weighted by Gasteiger charge is 2.27. The third kappa shape index (κ3) is 43.1. The fourth-order valence-electron chi connectivity index (χ4n) is 5.47. The van der Waals surface area contributed by atoms with Crippen LogP contribution >= 0.6 is 7.82 Å². The van der Waals surface area contributed by atoms with Gasteiger partial charge in [0, 0.05) is 12.8 Å². The second kappa shape index (κ2) is 39.3. The molecular formula is C48H83NO9P+. The van der Waals surface area contributed by atoms with Gasteiger partial charge in [0.1, 0.15) is 19.8 Å². The maximum absolute atomic E-state index is 12.7. The molecule has 0 aliphatic carbocycles. The van der Waals surface area contributed by atoms with Crippen molar-refractivity contribution in [3.8, 4) is 0 Å². The molecule has 0 aromatic carbocycles. The second-order valence-electron chi connectivity index (χ2n) is 15.9. The highest BCUT2D eigenvalue weighted by atomic mass is 31.2. The summed E-state index contributed by atoms with van der Waals surface area (Å²) in [6.07, 6.45) is 46.7. The van der Waals surface area contributed by atoms with E-state index in [1.807, 2.05) is 69.8 Å². The van der Waals surface area contributed by atoms with Gasteiger partial charge < -0.3 is 24.0 Å². The van der Waals surface area contributed by atoms with Gasteiger partial charge in [-0.15, -0.1) is 0 Å². The van der Waals surface area contributed by atoms with Crippen LogP contribution in [0.1, 0.15) is 149 Å². The van der Waals surface area contributed by atoms with Crippen molar-refractivity contribution in [3.63, 3.8) is 0 Å². The Bertz CT molecular complexity index is 1300. The summed E-state index contributed by atoms with van der Waals surface area (Å²) >= 11 is 0. The lowest BCUT2D eigenvalue weighted by molar-refractivity contribution is -0.870. The summed E-state index contributed by atoms with van der Waals surface area (Å²) in [5.41, 5.74) is 0. The molecule has 0 aliphatic heterocycles. The molecule has 0 aromatic heterocycles. The fourth-order valence-corrected chi connectivity index (χ4v) is 6.21. The number of hydrogen-bond donors (Lipinski definition) is 2. The third-order valence-electron chi connectivity index (χ3n) is 9.00. The number of nitrogens with zero attached hydrogens (tertiary/aromatic N) is 1. The van der Waals surface area contributed by atoms with Crippen molar-refractivity contribution in [1.29, 1.82) is 0 Å². The maximum Gasteiger partial charge on any atom is 0.472 e. The number of aliphatic hydroxyl groups is 1. The zero-order chi connectivity index (χ0) is 43.7. The molecule has 0 spiro atoms. The topological polar surface area (TPSA) is 129 Å². The van der Waals surface area contributed by atoms with Crippen molar-refractivity contribution in [1.82, 2.24) is 0 Å². The van der Waals surface area contributed by atoms with E-state index >= 15 is 0 Å². The third-order valence-corrected chi connectivity index (χ3v) is 9.99. The Balaban J connectivity index is 4.55. The van der Waals surface area contributed by atoms with E-state index in [1.54, 1.807) is 6.08 Å². The van der Waals surface area contributed by atoms with Gasteiger partial charge in [-0.05, 0) is 70.6 Å². The highest BCUT2D eigenvalue weighted by molar-refractivity contribution is 7.47. The number of phosphoric ester groups is 1. The molecule has 0 aromatic rings. The highest BCUT2D eigenvalue weighted by Crippen LogP contribution is 2.43. The van der Waals surface area contributed by atoms with Crippen molar-refractivity contribution in [2.45, 2.75) is 161 Å². The lowest BCUT2D eigenvalue weighted by Gasteiger charge is -2.24. The summed E-state index contributed by atoms with van der Waals surface area (Å²) in [4.78, 5) is 35.3. The molecule has 0 bridgehead atoms. The van der Waals surface area contributed by atoms with Gasteiger partial charge in [-0.25, -0.2) is 4.57 Å². The number of esters is 2. The Morgan fingerprint density at radius 2 is 1.20 bits per heavy atom. The summed E-state index contributed by atoms with van der Waals surface area (Å²) in [6.45, 7) is 4.10. The van der Waals surface area contributed by atoms with Crippen LogP contribution in [0.2, 0.25) is 0 Å². The largest absolute Gasteiger partial charge is 0.472 e. The Labute approximate surface area is 359 Å². The van der Waals surface area contributed by atoms with Gasteiger partial charge in [0.25, 0.3) is 0 Å². The fraction of sp³-hybridized carbons (Fsp3) is 0.667. The monoisotopic (exact) mass is 849 g/mol. The number of aliphatic hydroxyl groups excluding tert-OH is 1. The normalized spacial score (nSPS) is 14.9.